The van der Waals surface area contributed by atoms with Crippen LogP contribution in [0.2, 0.25) is 13.1 Å². The van der Waals surface area contributed by atoms with E-state index in [0.29, 0.717) is 5.19 Å². The molecule has 1 rings (SSSR count). The average Bonchev–Trinajstić information content (AvgIpc) is 2.01. The van der Waals surface area contributed by atoms with Gasteiger partial charge in [0, 0.05) is 0 Å². The van der Waals surface area contributed by atoms with Crippen LogP contribution >= 0.6 is 0 Å². The molecule has 0 radical (unpaired) electrons. The fourth-order valence-electron chi connectivity index (χ4n) is 1.07. The summed E-state index contributed by atoms with van der Waals surface area (Å²) >= 11 is 0. The molecule has 0 aliphatic carbocycles. The highest BCUT2D eigenvalue weighted by atomic mass is 28.4. The van der Waals surface area contributed by atoms with E-state index in [1.165, 1.54) is 12.1 Å². The van der Waals surface area contributed by atoms with E-state index < -0.39 is 20.1 Å². The van der Waals surface area contributed by atoms with Crippen LogP contribution in [0.4, 0.5) is 13.2 Å². The Hall–Kier alpha value is -0.813. The van der Waals surface area contributed by atoms with Crippen molar-refractivity contribution in [3.05, 3.63) is 29.8 Å². The van der Waals surface area contributed by atoms with E-state index in [1.54, 1.807) is 13.1 Å². The molecule has 0 spiro atoms. The second kappa shape index (κ2) is 3.40. The zero-order valence-electron chi connectivity index (χ0n) is 7.89. The zero-order chi connectivity index (χ0) is 11.0. The van der Waals surface area contributed by atoms with Crippen molar-refractivity contribution in [2.24, 2.45) is 0 Å². The lowest BCUT2D eigenvalue weighted by atomic mass is 10.2. The summed E-state index contributed by atoms with van der Waals surface area (Å²) in [4.78, 5) is 9.64. The Morgan fingerprint density at radius 2 is 1.50 bits per heavy atom. The maximum Gasteiger partial charge on any atom is 0.416 e. The van der Waals surface area contributed by atoms with Gasteiger partial charge in [-0.1, -0.05) is 24.3 Å². The van der Waals surface area contributed by atoms with Crippen LogP contribution in [-0.4, -0.2) is 13.1 Å². The first-order valence-electron chi connectivity index (χ1n) is 4.11. The quantitative estimate of drug-likeness (QED) is 0.719. The normalized spacial score (nSPS) is 13.0. The highest BCUT2D eigenvalue weighted by Gasteiger charge is 2.31. The van der Waals surface area contributed by atoms with Gasteiger partial charge in [-0.25, -0.2) is 0 Å². The highest BCUT2D eigenvalue weighted by Crippen LogP contribution is 2.28. The molecule has 0 heterocycles. The first-order chi connectivity index (χ1) is 6.21. The van der Waals surface area contributed by atoms with E-state index in [2.05, 4.69) is 0 Å². The number of alkyl halides is 3. The Kier molecular flexibility index (Phi) is 2.73. The largest absolute Gasteiger partial charge is 0.428 e. The number of rotatable bonds is 1. The van der Waals surface area contributed by atoms with Crippen molar-refractivity contribution in [2.75, 3.05) is 0 Å². The van der Waals surface area contributed by atoms with Gasteiger partial charge in [-0.3, -0.25) is 0 Å². The van der Waals surface area contributed by atoms with Gasteiger partial charge in [0.1, 0.15) is 0 Å². The van der Waals surface area contributed by atoms with Gasteiger partial charge in [0.05, 0.1) is 5.56 Å². The molecule has 78 valence electrons. The second-order valence-corrected chi connectivity index (χ2v) is 7.33. The molecule has 0 saturated carbocycles. The van der Waals surface area contributed by atoms with Gasteiger partial charge in [-0.15, -0.1) is 0 Å². The lowest BCUT2D eigenvalue weighted by Gasteiger charge is -2.15. The fraction of sp³-hybridized carbons (Fsp3) is 0.333. The van der Waals surface area contributed by atoms with Gasteiger partial charge in [-0.2, -0.15) is 13.2 Å². The Balaban J connectivity index is 3.02. The van der Waals surface area contributed by atoms with Crippen LogP contribution in [-0.2, 0) is 6.18 Å². The summed E-state index contributed by atoms with van der Waals surface area (Å²) in [6.45, 7) is 3.32. The SMILES string of the molecule is C[Si](C)(O)c1ccc(C(F)(F)F)cc1. The van der Waals surface area contributed by atoms with Crippen molar-refractivity contribution in [3.8, 4) is 0 Å². The number of hydrogen-bond donors (Lipinski definition) is 1. The minimum Gasteiger partial charge on any atom is -0.428 e. The highest BCUT2D eigenvalue weighted by molar-refractivity contribution is 6.83. The first kappa shape index (κ1) is 11.3. The van der Waals surface area contributed by atoms with E-state index in [1.807, 2.05) is 0 Å². The lowest BCUT2D eigenvalue weighted by molar-refractivity contribution is -0.137. The minimum absolute atomic E-state index is 0.602. The monoisotopic (exact) mass is 220 g/mol. The van der Waals surface area contributed by atoms with E-state index in [-0.39, 0.29) is 0 Å². The standard InChI is InChI=1S/C9H11F3OSi/c1-14(2,13)8-5-3-7(4-6-8)9(10,11)12/h3-6,13H,1-2H3. The molecule has 1 N–H and O–H groups in total. The molecule has 1 nitrogen and oxygen atoms in total. The molecule has 5 heteroatoms. The zero-order valence-corrected chi connectivity index (χ0v) is 8.89. The third kappa shape index (κ3) is 2.59. The number of hydrogen-bond acceptors (Lipinski definition) is 1. The average molecular weight is 220 g/mol. The molecule has 1 aromatic carbocycles. The van der Waals surface area contributed by atoms with Crippen molar-refractivity contribution in [2.45, 2.75) is 19.3 Å². The Bertz CT molecular complexity index is 277. The minimum atomic E-state index is -4.31. The van der Waals surface area contributed by atoms with Crippen molar-refractivity contribution in [1.29, 1.82) is 0 Å². The van der Waals surface area contributed by atoms with Crippen LogP contribution in [0.1, 0.15) is 5.56 Å². The summed E-state index contributed by atoms with van der Waals surface area (Å²) in [6.07, 6.45) is -4.31. The molecule has 0 aliphatic heterocycles. The van der Waals surface area contributed by atoms with E-state index >= 15 is 0 Å². The maximum atomic E-state index is 12.2. The molecule has 1 aromatic rings. The van der Waals surface area contributed by atoms with Gasteiger partial charge in [0.15, 0.2) is 0 Å². The molecular formula is C9H11F3OSi. The molecule has 0 fully saturated rings. The molecule has 0 unspecified atom stereocenters. The van der Waals surface area contributed by atoms with Gasteiger partial charge in [0.25, 0.3) is 0 Å². The molecule has 0 bridgehead atoms. The van der Waals surface area contributed by atoms with Crippen LogP contribution in [0.3, 0.4) is 0 Å². The molecular weight excluding hydrogens is 209 g/mol. The van der Waals surface area contributed by atoms with Gasteiger partial charge >= 0.3 is 6.18 Å². The van der Waals surface area contributed by atoms with Crippen LogP contribution in [0, 0.1) is 0 Å². The first-order valence-corrected chi connectivity index (χ1v) is 7.06. The molecule has 0 atom stereocenters. The summed E-state index contributed by atoms with van der Waals surface area (Å²) in [5.74, 6) is 0. The molecule has 0 aromatic heterocycles. The topological polar surface area (TPSA) is 20.2 Å². The smallest absolute Gasteiger partial charge is 0.416 e. The molecule has 0 aliphatic rings. The summed E-state index contributed by atoms with van der Waals surface area (Å²) in [7, 11) is -2.48. The molecule has 0 amide bonds. The molecule has 0 saturated heterocycles. The number of benzene rings is 1. The Morgan fingerprint density at radius 1 is 1.07 bits per heavy atom. The number of halogens is 3. The van der Waals surface area contributed by atoms with Crippen LogP contribution in [0.25, 0.3) is 0 Å². The predicted molar refractivity (Wildman–Crippen MR) is 50.8 cm³/mol. The third-order valence-electron chi connectivity index (χ3n) is 1.92. The van der Waals surface area contributed by atoms with Crippen LogP contribution in [0.5, 0.6) is 0 Å². The van der Waals surface area contributed by atoms with Crippen molar-refractivity contribution in [1.82, 2.24) is 0 Å². The lowest BCUT2D eigenvalue weighted by Crippen LogP contribution is -2.41. The van der Waals surface area contributed by atoms with Gasteiger partial charge < -0.3 is 4.80 Å². The summed E-state index contributed by atoms with van der Waals surface area (Å²) < 4.78 is 36.5. The van der Waals surface area contributed by atoms with Crippen molar-refractivity contribution < 1.29 is 18.0 Å². The van der Waals surface area contributed by atoms with E-state index in [9.17, 15) is 18.0 Å². The summed E-state index contributed by atoms with van der Waals surface area (Å²) in [6, 6.07) is 4.69. The maximum absolute atomic E-state index is 12.2. The summed E-state index contributed by atoms with van der Waals surface area (Å²) in [5.41, 5.74) is -0.681. The van der Waals surface area contributed by atoms with E-state index in [0.717, 1.165) is 12.1 Å². The molecule has 14 heavy (non-hydrogen) atoms. The second-order valence-electron chi connectivity index (χ2n) is 3.63. The van der Waals surface area contributed by atoms with Crippen LogP contribution < -0.4 is 5.19 Å². The third-order valence-corrected chi connectivity index (χ3v) is 3.66. The van der Waals surface area contributed by atoms with Crippen molar-refractivity contribution >= 4 is 13.5 Å². The van der Waals surface area contributed by atoms with E-state index in [4.69, 9.17) is 0 Å². The van der Waals surface area contributed by atoms with Crippen LogP contribution in [0.15, 0.2) is 24.3 Å². The summed E-state index contributed by atoms with van der Waals surface area (Å²) in [5, 5.41) is 0.602. The van der Waals surface area contributed by atoms with Gasteiger partial charge in [0.2, 0.25) is 8.32 Å². The fourth-order valence-corrected chi connectivity index (χ4v) is 2.05. The Morgan fingerprint density at radius 3 is 1.79 bits per heavy atom. The predicted octanol–water partition coefficient (Wildman–Crippen LogP) is 2.11. The van der Waals surface area contributed by atoms with Gasteiger partial charge in [-0.05, 0) is 18.3 Å². The Labute approximate surface area is 81.3 Å². The van der Waals surface area contributed by atoms with Crippen molar-refractivity contribution in [3.63, 3.8) is 0 Å².